The van der Waals surface area contributed by atoms with Gasteiger partial charge in [-0.1, -0.05) is 32.0 Å². The number of carbonyl (C=O) groups excluding carboxylic acids is 1. The van der Waals surface area contributed by atoms with E-state index in [1.165, 1.54) is 0 Å². The molecule has 0 aromatic heterocycles. The zero-order valence-electron chi connectivity index (χ0n) is 8.99. The highest BCUT2D eigenvalue weighted by Gasteiger charge is 2.25. The maximum Gasteiger partial charge on any atom is 0.223 e. The third-order valence-electron chi connectivity index (χ3n) is 2.54. The molecule has 0 fully saturated rings. The van der Waals surface area contributed by atoms with E-state index in [2.05, 4.69) is 5.32 Å². The molecule has 0 spiro atoms. The largest absolute Gasteiger partial charge is 0.491 e. The molecule has 1 aliphatic rings. The van der Waals surface area contributed by atoms with Crippen molar-refractivity contribution < 1.29 is 9.53 Å². The Labute approximate surface area is 89.4 Å². The van der Waals surface area contributed by atoms with Gasteiger partial charge in [-0.15, -0.1) is 0 Å². The van der Waals surface area contributed by atoms with E-state index in [0.29, 0.717) is 6.61 Å². The molecule has 3 heteroatoms. The molecule has 1 aromatic carbocycles. The third-order valence-corrected chi connectivity index (χ3v) is 2.54. The van der Waals surface area contributed by atoms with Crippen LogP contribution in [0.25, 0.3) is 0 Å². The minimum Gasteiger partial charge on any atom is -0.491 e. The fourth-order valence-corrected chi connectivity index (χ4v) is 1.62. The molecule has 0 bridgehead atoms. The summed E-state index contributed by atoms with van der Waals surface area (Å²) in [5.41, 5.74) is 1.08. The van der Waals surface area contributed by atoms with Crippen molar-refractivity contribution in [2.75, 3.05) is 6.61 Å². The molecule has 0 saturated heterocycles. The lowest BCUT2D eigenvalue weighted by Crippen LogP contribution is -2.32. The van der Waals surface area contributed by atoms with Crippen molar-refractivity contribution >= 4 is 5.91 Å². The molecule has 2 rings (SSSR count). The lowest BCUT2D eigenvalue weighted by molar-refractivity contribution is -0.124. The summed E-state index contributed by atoms with van der Waals surface area (Å²) in [6.45, 7) is 4.31. The fraction of sp³-hybridized carbons (Fsp3) is 0.417. The minimum atomic E-state index is 0.0103. The monoisotopic (exact) mass is 205 g/mol. The normalized spacial score (nSPS) is 18.5. The molecular formula is C12H15NO2. The smallest absolute Gasteiger partial charge is 0.223 e. The molecule has 80 valence electrons. The lowest BCUT2D eigenvalue weighted by atomic mass is 10.1. The molecule has 3 nitrogen and oxygen atoms in total. The van der Waals surface area contributed by atoms with E-state index in [9.17, 15) is 4.79 Å². The van der Waals surface area contributed by atoms with Gasteiger partial charge in [-0.3, -0.25) is 4.79 Å². The van der Waals surface area contributed by atoms with Gasteiger partial charge in [0.25, 0.3) is 0 Å². The van der Waals surface area contributed by atoms with Gasteiger partial charge in [0.2, 0.25) is 5.91 Å². The molecule has 0 aliphatic carbocycles. The van der Waals surface area contributed by atoms with Crippen molar-refractivity contribution in [3.8, 4) is 5.75 Å². The van der Waals surface area contributed by atoms with Crippen molar-refractivity contribution in [3.05, 3.63) is 29.8 Å². The van der Waals surface area contributed by atoms with E-state index in [-0.39, 0.29) is 17.9 Å². The molecule has 1 unspecified atom stereocenters. The Morgan fingerprint density at radius 1 is 1.47 bits per heavy atom. The Balaban J connectivity index is 2.11. The molecular weight excluding hydrogens is 190 g/mol. The van der Waals surface area contributed by atoms with Gasteiger partial charge < -0.3 is 10.1 Å². The van der Waals surface area contributed by atoms with Crippen LogP contribution in [0.2, 0.25) is 0 Å². The van der Waals surface area contributed by atoms with Gasteiger partial charge in [0.15, 0.2) is 0 Å². The summed E-state index contributed by atoms with van der Waals surface area (Å²) >= 11 is 0. The number of hydrogen-bond acceptors (Lipinski definition) is 2. The van der Waals surface area contributed by atoms with E-state index in [1.807, 2.05) is 38.1 Å². The molecule has 1 aliphatic heterocycles. The topological polar surface area (TPSA) is 38.3 Å². The number of benzene rings is 1. The molecule has 15 heavy (non-hydrogen) atoms. The van der Waals surface area contributed by atoms with Gasteiger partial charge in [0.05, 0.1) is 6.04 Å². The van der Waals surface area contributed by atoms with Gasteiger partial charge in [-0.25, -0.2) is 0 Å². The zero-order valence-corrected chi connectivity index (χ0v) is 8.99. The summed E-state index contributed by atoms with van der Waals surface area (Å²) in [4.78, 5) is 11.5. The van der Waals surface area contributed by atoms with Gasteiger partial charge >= 0.3 is 0 Å². The number of amides is 1. The molecule has 1 amide bonds. The molecule has 1 atom stereocenters. The maximum atomic E-state index is 11.5. The molecule has 1 aromatic rings. The fourth-order valence-electron chi connectivity index (χ4n) is 1.62. The average Bonchev–Trinajstić information content (AvgIpc) is 2.62. The van der Waals surface area contributed by atoms with Crippen LogP contribution in [-0.4, -0.2) is 12.5 Å². The summed E-state index contributed by atoms with van der Waals surface area (Å²) in [5, 5.41) is 2.97. The summed E-state index contributed by atoms with van der Waals surface area (Å²) in [5.74, 6) is 0.963. The first kappa shape index (κ1) is 10.0. The van der Waals surface area contributed by atoms with Crippen LogP contribution in [0.5, 0.6) is 5.75 Å². The quantitative estimate of drug-likeness (QED) is 0.800. The van der Waals surface area contributed by atoms with Gasteiger partial charge in [-0.05, 0) is 6.07 Å². The summed E-state index contributed by atoms with van der Waals surface area (Å²) in [7, 11) is 0. The van der Waals surface area contributed by atoms with E-state index in [1.54, 1.807) is 0 Å². The van der Waals surface area contributed by atoms with Gasteiger partial charge in [0, 0.05) is 11.5 Å². The maximum absolute atomic E-state index is 11.5. The third kappa shape index (κ3) is 1.96. The standard InChI is InChI=1S/C12H15NO2/c1-8(2)12(14)13-10-7-15-11-6-4-3-5-9(10)11/h3-6,8,10H,7H2,1-2H3,(H,13,14). The first-order valence-electron chi connectivity index (χ1n) is 5.20. The van der Waals surface area contributed by atoms with E-state index in [4.69, 9.17) is 4.74 Å². The number of ether oxygens (including phenoxy) is 1. The SMILES string of the molecule is CC(C)C(=O)NC1COc2ccccc21. The highest BCUT2D eigenvalue weighted by Crippen LogP contribution is 2.31. The van der Waals surface area contributed by atoms with Crippen LogP contribution in [0.3, 0.4) is 0 Å². The highest BCUT2D eigenvalue weighted by molar-refractivity contribution is 5.78. The van der Waals surface area contributed by atoms with Crippen molar-refractivity contribution in [2.24, 2.45) is 5.92 Å². The molecule has 1 N–H and O–H groups in total. The predicted molar refractivity (Wildman–Crippen MR) is 57.7 cm³/mol. The number of fused-ring (bicyclic) bond motifs is 1. The second-order valence-corrected chi connectivity index (χ2v) is 4.06. The minimum absolute atomic E-state index is 0.0103. The van der Waals surface area contributed by atoms with Crippen LogP contribution in [0.4, 0.5) is 0 Å². The second kappa shape index (κ2) is 3.93. The van der Waals surface area contributed by atoms with Gasteiger partial charge in [-0.2, -0.15) is 0 Å². The van der Waals surface area contributed by atoms with E-state index in [0.717, 1.165) is 11.3 Å². The molecule has 0 saturated carbocycles. The highest BCUT2D eigenvalue weighted by atomic mass is 16.5. The Morgan fingerprint density at radius 2 is 2.20 bits per heavy atom. The number of para-hydroxylation sites is 1. The Bertz CT molecular complexity index is 374. The van der Waals surface area contributed by atoms with E-state index < -0.39 is 0 Å². The van der Waals surface area contributed by atoms with Crippen molar-refractivity contribution in [3.63, 3.8) is 0 Å². The Kier molecular flexibility index (Phi) is 2.62. The summed E-state index contributed by atoms with van der Waals surface area (Å²) in [6.07, 6.45) is 0. The summed E-state index contributed by atoms with van der Waals surface area (Å²) in [6, 6.07) is 7.83. The number of nitrogens with one attached hydrogen (secondary N) is 1. The number of hydrogen-bond donors (Lipinski definition) is 1. The van der Waals surface area contributed by atoms with Crippen molar-refractivity contribution in [1.82, 2.24) is 5.32 Å². The van der Waals surface area contributed by atoms with Crippen molar-refractivity contribution in [1.29, 1.82) is 0 Å². The van der Waals surface area contributed by atoms with Crippen LogP contribution < -0.4 is 10.1 Å². The number of rotatable bonds is 2. The van der Waals surface area contributed by atoms with Gasteiger partial charge in [0.1, 0.15) is 12.4 Å². The van der Waals surface area contributed by atoms with Crippen LogP contribution in [0, 0.1) is 5.92 Å². The van der Waals surface area contributed by atoms with Crippen LogP contribution in [0.15, 0.2) is 24.3 Å². The Morgan fingerprint density at radius 3 is 2.93 bits per heavy atom. The van der Waals surface area contributed by atoms with E-state index >= 15 is 0 Å². The first-order chi connectivity index (χ1) is 7.18. The second-order valence-electron chi connectivity index (χ2n) is 4.06. The average molecular weight is 205 g/mol. The first-order valence-corrected chi connectivity index (χ1v) is 5.20. The zero-order chi connectivity index (χ0) is 10.8. The Hall–Kier alpha value is -1.51. The van der Waals surface area contributed by atoms with Crippen LogP contribution in [-0.2, 0) is 4.79 Å². The molecule has 1 heterocycles. The lowest BCUT2D eigenvalue weighted by Gasteiger charge is -2.13. The van der Waals surface area contributed by atoms with Crippen LogP contribution >= 0.6 is 0 Å². The number of carbonyl (C=O) groups is 1. The predicted octanol–water partition coefficient (Wildman–Crippen LogP) is 1.89. The van der Waals surface area contributed by atoms with Crippen LogP contribution in [0.1, 0.15) is 25.5 Å². The molecule has 0 radical (unpaired) electrons. The summed E-state index contributed by atoms with van der Waals surface area (Å²) < 4.78 is 5.48. The van der Waals surface area contributed by atoms with Crippen molar-refractivity contribution in [2.45, 2.75) is 19.9 Å².